The first-order valence-corrected chi connectivity index (χ1v) is 8.47. The van der Waals surface area contributed by atoms with Crippen LogP contribution in [0, 0.1) is 0 Å². The number of carbonyl (C=O) groups excluding carboxylic acids is 1. The Labute approximate surface area is 134 Å². The number of nitrogens with zero attached hydrogens (tertiary/aromatic N) is 2. The molecule has 1 aliphatic heterocycles. The molecule has 0 spiro atoms. The molecule has 2 heterocycles. The van der Waals surface area contributed by atoms with Crippen LogP contribution in [-0.2, 0) is 20.2 Å². The number of aromatic amines is 1. The molecule has 1 aromatic carbocycles. The van der Waals surface area contributed by atoms with Gasteiger partial charge < -0.3 is 4.74 Å². The number of rotatable bonds is 3. The van der Waals surface area contributed by atoms with Gasteiger partial charge in [-0.3, -0.25) is 9.40 Å². The summed E-state index contributed by atoms with van der Waals surface area (Å²) in [5.41, 5.74) is 1.13. The fraction of sp³-hybridized carbons (Fsp3) is 0.333. The number of aromatic nitrogens is 2. The lowest BCUT2D eigenvalue weighted by molar-refractivity contribution is 0.0596. The van der Waals surface area contributed by atoms with Gasteiger partial charge in [0.05, 0.1) is 19.0 Å². The fourth-order valence-corrected chi connectivity index (χ4v) is 4.56. The van der Waals surface area contributed by atoms with Crippen LogP contribution in [0.5, 0.6) is 0 Å². The minimum Gasteiger partial charge on any atom is -0.465 e. The van der Waals surface area contributed by atoms with Gasteiger partial charge in [-0.15, -0.1) is 0 Å². The van der Waals surface area contributed by atoms with Crippen molar-refractivity contribution in [3.05, 3.63) is 41.6 Å². The second kappa shape index (κ2) is 5.09. The van der Waals surface area contributed by atoms with Gasteiger partial charge in [0.15, 0.2) is 5.03 Å². The van der Waals surface area contributed by atoms with Crippen molar-refractivity contribution in [1.29, 1.82) is 0 Å². The van der Waals surface area contributed by atoms with E-state index >= 15 is 0 Å². The van der Waals surface area contributed by atoms with E-state index in [1.54, 1.807) is 12.1 Å². The second-order valence-electron chi connectivity index (χ2n) is 6.02. The third kappa shape index (κ3) is 2.29. The van der Waals surface area contributed by atoms with Gasteiger partial charge in [0.1, 0.15) is 5.56 Å². The number of esters is 1. The van der Waals surface area contributed by atoms with Crippen LogP contribution in [0.4, 0.5) is 5.69 Å². The van der Waals surface area contributed by atoms with E-state index in [2.05, 4.69) is 14.9 Å². The lowest BCUT2D eigenvalue weighted by Gasteiger charge is -2.21. The number of sulfonamides is 1. The van der Waals surface area contributed by atoms with Crippen LogP contribution in [0.2, 0.25) is 0 Å². The van der Waals surface area contributed by atoms with Crippen LogP contribution in [0.15, 0.2) is 35.5 Å². The highest BCUT2D eigenvalue weighted by Gasteiger charge is 2.42. The highest BCUT2D eigenvalue weighted by Crippen LogP contribution is 2.42. The molecule has 0 amide bonds. The Morgan fingerprint density at radius 3 is 2.74 bits per heavy atom. The average molecular weight is 335 g/mol. The molecule has 0 unspecified atom stereocenters. The third-order valence-electron chi connectivity index (χ3n) is 4.00. The van der Waals surface area contributed by atoms with Crippen molar-refractivity contribution in [2.45, 2.75) is 24.3 Å². The van der Waals surface area contributed by atoms with Gasteiger partial charge in [0, 0.05) is 12.0 Å². The topological polar surface area (TPSA) is 92.4 Å². The number of carbonyl (C=O) groups is 1. The van der Waals surface area contributed by atoms with Crippen LogP contribution in [0.3, 0.4) is 0 Å². The number of methoxy groups -OCH3 is 1. The zero-order valence-corrected chi connectivity index (χ0v) is 13.8. The highest BCUT2D eigenvalue weighted by atomic mass is 32.2. The van der Waals surface area contributed by atoms with E-state index in [0.29, 0.717) is 5.69 Å². The van der Waals surface area contributed by atoms with Gasteiger partial charge in [0.2, 0.25) is 0 Å². The lowest BCUT2D eigenvalue weighted by atomic mass is 9.87. The Morgan fingerprint density at radius 2 is 2.04 bits per heavy atom. The Kier molecular flexibility index (Phi) is 3.44. The molecule has 0 aliphatic carbocycles. The number of para-hydroxylation sites is 1. The van der Waals surface area contributed by atoms with Crippen LogP contribution in [-0.4, -0.2) is 38.2 Å². The molecule has 0 fully saturated rings. The Bertz CT molecular complexity index is 870. The number of nitrogens with one attached hydrogen (secondary N) is 1. The monoisotopic (exact) mass is 335 g/mol. The molecule has 23 heavy (non-hydrogen) atoms. The SMILES string of the molecule is COC(=O)c1cn[nH]c1S(=O)(=O)N1CC(C)(C)c2ccccc21. The summed E-state index contributed by atoms with van der Waals surface area (Å²) in [4.78, 5) is 11.8. The number of anilines is 1. The zero-order chi connectivity index (χ0) is 16.8. The van der Waals surface area contributed by atoms with Crippen molar-refractivity contribution < 1.29 is 17.9 Å². The van der Waals surface area contributed by atoms with Crippen LogP contribution < -0.4 is 4.31 Å². The van der Waals surface area contributed by atoms with Gasteiger partial charge >= 0.3 is 5.97 Å². The summed E-state index contributed by atoms with van der Waals surface area (Å²) in [5.74, 6) is -0.746. The number of benzene rings is 1. The van der Waals surface area contributed by atoms with Crippen molar-refractivity contribution in [1.82, 2.24) is 10.2 Å². The molecule has 1 N–H and O–H groups in total. The Morgan fingerprint density at radius 1 is 1.35 bits per heavy atom. The molecule has 2 aromatic rings. The average Bonchev–Trinajstić information content (AvgIpc) is 3.11. The number of H-pyrrole nitrogens is 1. The molecular weight excluding hydrogens is 318 g/mol. The van der Waals surface area contributed by atoms with Crippen molar-refractivity contribution in [2.75, 3.05) is 18.0 Å². The van der Waals surface area contributed by atoms with Crippen molar-refractivity contribution in [3.8, 4) is 0 Å². The maximum Gasteiger partial charge on any atom is 0.342 e. The summed E-state index contributed by atoms with van der Waals surface area (Å²) in [7, 11) is -2.76. The van der Waals surface area contributed by atoms with Gasteiger partial charge in [-0.1, -0.05) is 32.0 Å². The fourth-order valence-electron chi connectivity index (χ4n) is 2.84. The normalized spacial score (nSPS) is 16.2. The number of hydrogen-bond acceptors (Lipinski definition) is 5. The molecule has 0 saturated carbocycles. The minimum absolute atomic E-state index is 0.102. The third-order valence-corrected chi connectivity index (χ3v) is 5.73. The van der Waals surface area contributed by atoms with Crippen molar-refractivity contribution >= 4 is 21.7 Å². The zero-order valence-electron chi connectivity index (χ0n) is 13.0. The molecule has 122 valence electrons. The molecular formula is C15H17N3O4S. The quantitative estimate of drug-likeness (QED) is 0.862. The Balaban J connectivity index is 2.13. The summed E-state index contributed by atoms with van der Waals surface area (Å²) >= 11 is 0. The van der Waals surface area contributed by atoms with Gasteiger partial charge in [-0.25, -0.2) is 4.79 Å². The Hall–Kier alpha value is -2.35. The van der Waals surface area contributed by atoms with Crippen LogP contribution >= 0.6 is 0 Å². The molecule has 0 saturated heterocycles. The molecule has 1 aliphatic rings. The van der Waals surface area contributed by atoms with E-state index in [4.69, 9.17) is 0 Å². The molecule has 0 atom stereocenters. The molecule has 0 bridgehead atoms. The molecule has 3 rings (SSSR count). The standard InChI is InChI=1S/C15H17N3O4S/c1-15(2)9-18(12-7-5-4-6-11(12)15)23(20,21)13-10(8-16-17-13)14(19)22-3/h4-8H,9H2,1-3H3,(H,16,17). The molecule has 0 radical (unpaired) electrons. The molecule has 1 aromatic heterocycles. The van der Waals surface area contributed by atoms with Crippen molar-refractivity contribution in [2.24, 2.45) is 0 Å². The summed E-state index contributed by atoms with van der Waals surface area (Å²) in [6.07, 6.45) is 1.16. The molecule has 7 nitrogen and oxygen atoms in total. The smallest absolute Gasteiger partial charge is 0.342 e. The highest BCUT2D eigenvalue weighted by molar-refractivity contribution is 7.92. The number of hydrogen-bond donors (Lipinski definition) is 1. The number of ether oxygens (including phenoxy) is 1. The predicted molar refractivity (Wildman–Crippen MR) is 83.9 cm³/mol. The first-order chi connectivity index (χ1) is 10.8. The van der Waals surface area contributed by atoms with E-state index in [1.807, 2.05) is 26.0 Å². The summed E-state index contributed by atoms with van der Waals surface area (Å²) in [6, 6.07) is 7.35. The van der Waals surface area contributed by atoms with E-state index in [0.717, 1.165) is 11.8 Å². The predicted octanol–water partition coefficient (Wildman–Crippen LogP) is 1.68. The number of fused-ring (bicyclic) bond motifs is 1. The minimum atomic E-state index is -3.95. The maximum atomic E-state index is 13.0. The summed E-state index contributed by atoms with van der Waals surface area (Å²) in [5, 5.41) is 5.85. The van der Waals surface area contributed by atoms with Crippen LogP contribution in [0.1, 0.15) is 29.8 Å². The van der Waals surface area contributed by atoms with Gasteiger partial charge in [-0.2, -0.15) is 13.5 Å². The van der Waals surface area contributed by atoms with Gasteiger partial charge in [-0.05, 0) is 11.6 Å². The van der Waals surface area contributed by atoms with E-state index in [-0.39, 0.29) is 22.5 Å². The molecule has 8 heteroatoms. The van der Waals surface area contributed by atoms with E-state index < -0.39 is 16.0 Å². The summed E-state index contributed by atoms with van der Waals surface area (Å²) < 4.78 is 32.0. The lowest BCUT2D eigenvalue weighted by Crippen LogP contribution is -2.35. The maximum absolute atomic E-state index is 13.0. The first kappa shape index (κ1) is 15.5. The largest absolute Gasteiger partial charge is 0.465 e. The van der Waals surface area contributed by atoms with Crippen molar-refractivity contribution in [3.63, 3.8) is 0 Å². The van der Waals surface area contributed by atoms with Crippen LogP contribution in [0.25, 0.3) is 0 Å². The van der Waals surface area contributed by atoms with Gasteiger partial charge in [0.25, 0.3) is 10.0 Å². The van der Waals surface area contributed by atoms with E-state index in [9.17, 15) is 13.2 Å². The second-order valence-corrected chi connectivity index (χ2v) is 7.82. The summed E-state index contributed by atoms with van der Waals surface area (Å²) in [6.45, 7) is 4.25. The van der Waals surface area contributed by atoms with E-state index in [1.165, 1.54) is 11.4 Å². The first-order valence-electron chi connectivity index (χ1n) is 7.03.